The summed E-state index contributed by atoms with van der Waals surface area (Å²) in [6.07, 6.45) is 1.69. The molecule has 0 bridgehead atoms. The summed E-state index contributed by atoms with van der Waals surface area (Å²) < 4.78 is 8.65. The number of hydrogen-bond donors (Lipinski definition) is 0. The van der Waals surface area contributed by atoms with E-state index in [1.54, 1.807) is 6.20 Å². The number of nitriles is 1. The first-order chi connectivity index (χ1) is 19.8. The predicted molar refractivity (Wildman–Crippen MR) is 161 cm³/mol. The van der Waals surface area contributed by atoms with Gasteiger partial charge in [0.2, 0.25) is 0 Å². The molecule has 0 saturated heterocycles. The molecule has 0 fully saturated rings. The Bertz CT molecular complexity index is 2300. The van der Waals surface area contributed by atoms with Crippen LogP contribution in [0.25, 0.3) is 71.7 Å². The maximum Gasteiger partial charge on any atom is 0.141 e. The van der Waals surface area contributed by atoms with Crippen molar-refractivity contribution in [3.05, 3.63) is 133 Å². The van der Waals surface area contributed by atoms with Crippen molar-refractivity contribution in [2.45, 2.75) is 0 Å². The molecule has 0 spiro atoms. The summed E-state index contributed by atoms with van der Waals surface area (Å²) in [7, 11) is 0. The van der Waals surface area contributed by atoms with E-state index in [1.807, 2.05) is 24.3 Å². The highest BCUT2D eigenvalue weighted by molar-refractivity contribution is 6.17. The van der Waals surface area contributed by atoms with Crippen molar-refractivity contribution in [3.63, 3.8) is 0 Å². The number of furan rings is 1. The molecule has 0 amide bonds. The van der Waals surface area contributed by atoms with Gasteiger partial charge in [0.25, 0.3) is 0 Å². The van der Waals surface area contributed by atoms with Crippen molar-refractivity contribution < 1.29 is 4.42 Å². The van der Waals surface area contributed by atoms with Crippen LogP contribution in [0.2, 0.25) is 0 Å². The number of rotatable bonds is 3. The molecule has 0 radical (unpaired) electrons. The van der Waals surface area contributed by atoms with Gasteiger partial charge in [-0.25, -0.2) is 4.98 Å². The van der Waals surface area contributed by atoms with E-state index in [2.05, 4.69) is 113 Å². The fraction of sp³-hybridized carbons (Fsp3) is 0. The highest BCUT2D eigenvalue weighted by Crippen LogP contribution is 2.40. The van der Waals surface area contributed by atoms with Gasteiger partial charge < -0.3 is 8.98 Å². The zero-order valence-electron chi connectivity index (χ0n) is 21.4. The Labute approximate surface area is 230 Å². The van der Waals surface area contributed by atoms with E-state index in [1.165, 1.54) is 10.8 Å². The maximum absolute atomic E-state index is 9.34. The normalized spacial score (nSPS) is 11.5. The van der Waals surface area contributed by atoms with E-state index in [0.29, 0.717) is 5.69 Å². The zero-order chi connectivity index (χ0) is 26.6. The fourth-order valence-electron chi connectivity index (χ4n) is 5.90. The number of nitrogens with zero attached hydrogens (tertiary/aromatic N) is 3. The highest BCUT2D eigenvalue weighted by Gasteiger charge is 2.18. The zero-order valence-corrected chi connectivity index (χ0v) is 21.4. The standard InChI is InChI=1S/C36H21N3O/c37-22-26-19-24(16-17-38-26)23-8-7-9-25(18-23)27-10-1-4-13-32(27)39-33-14-5-2-11-28(33)30-20-31-29-12-3-6-15-35(29)40-36(31)21-34(30)39/h1-21H. The van der Waals surface area contributed by atoms with Crippen molar-refractivity contribution in [3.8, 4) is 34.0 Å². The molecule has 4 nitrogen and oxygen atoms in total. The quantitative estimate of drug-likeness (QED) is 0.237. The molecule has 3 heterocycles. The number of benzene rings is 5. The van der Waals surface area contributed by atoms with Gasteiger partial charge in [-0.1, -0.05) is 72.8 Å². The van der Waals surface area contributed by atoms with Gasteiger partial charge >= 0.3 is 0 Å². The molecule has 0 atom stereocenters. The van der Waals surface area contributed by atoms with Crippen LogP contribution in [-0.4, -0.2) is 9.55 Å². The topological polar surface area (TPSA) is 54.8 Å². The summed E-state index contributed by atoms with van der Waals surface area (Å²) in [5, 5.41) is 14.0. The second kappa shape index (κ2) is 8.69. The van der Waals surface area contributed by atoms with Crippen LogP contribution in [0.15, 0.2) is 132 Å². The summed E-state index contributed by atoms with van der Waals surface area (Å²) in [6, 6.07) is 44.1. The number of hydrogen-bond acceptors (Lipinski definition) is 3. The second-order valence-electron chi connectivity index (χ2n) is 9.96. The largest absolute Gasteiger partial charge is 0.456 e. The first-order valence-electron chi connectivity index (χ1n) is 13.2. The van der Waals surface area contributed by atoms with Crippen LogP contribution < -0.4 is 0 Å². The summed E-state index contributed by atoms with van der Waals surface area (Å²) >= 11 is 0. The van der Waals surface area contributed by atoms with E-state index in [-0.39, 0.29) is 0 Å². The molecule has 0 N–H and O–H groups in total. The minimum atomic E-state index is 0.408. The van der Waals surface area contributed by atoms with Gasteiger partial charge in [0, 0.05) is 39.4 Å². The Morgan fingerprint density at radius 1 is 0.575 bits per heavy atom. The minimum Gasteiger partial charge on any atom is -0.456 e. The lowest BCUT2D eigenvalue weighted by Crippen LogP contribution is -1.97. The average molecular weight is 512 g/mol. The van der Waals surface area contributed by atoms with Crippen molar-refractivity contribution in [1.82, 2.24) is 9.55 Å². The lowest BCUT2D eigenvalue weighted by molar-refractivity contribution is 0.669. The van der Waals surface area contributed by atoms with Crippen LogP contribution in [0, 0.1) is 11.3 Å². The predicted octanol–water partition coefficient (Wildman–Crippen LogP) is 9.28. The first-order valence-corrected chi connectivity index (χ1v) is 13.2. The van der Waals surface area contributed by atoms with Gasteiger partial charge in [-0.2, -0.15) is 5.26 Å². The number of fused-ring (bicyclic) bond motifs is 6. The van der Waals surface area contributed by atoms with Gasteiger partial charge in [0.05, 0.1) is 16.7 Å². The second-order valence-corrected chi connectivity index (χ2v) is 9.96. The molecule has 3 aromatic heterocycles. The minimum absolute atomic E-state index is 0.408. The van der Waals surface area contributed by atoms with Crippen LogP contribution in [0.4, 0.5) is 0 Å². The summed E-state index contributed by atoms with van der Waals surface area (Å²) in [4.78, 5) is 4.13. The molecule has 8 aromatic rings. The molecular formula is C36H21N3O. The molecule has 0 aliphatic carbocycles. The van der Waals surface area contributed by atoms with E-state index in [0.717, 1.165) is 60.9 Å². The Morgan fingerprint density at radius 3 is 2.27 bits per heavy atom. The lowest BCUT2D eigenvalue weighted by atomic mass is 9.98. The van der Waals surface area contributed by atoms with Crippen LogP contribution in [0.1, 0.15) is 5.69 Å². The Balaban J connectivity index is 1.39. The highest BCUT2D eigenvalue weighted by atomic mass is 16.3. The maximum atomic E-state index is 9.34. The molecule has 5 aromatic carbocycles. The number of para-hydroxylation sites is 3. The first kappa shape index (κ1) is 22.3. The van der Waals surface area contributed by atoms with Gasteiger partial charge in [0.1, 0.15) is 22.9 Å². The van der Waals surface area contributed by atoms with Crippen molar-refractivity contribution in [2.75, 3.05) is 0 Å². The average Bonchev–Trinajstić information content (AvgIpc) is 3.55. The molecule has 40 heavy (non-hydrogen) atoms. The van der Waals surface area contributed by atoms with Gasteiger partial charge in [-0.3, -0.25) is 0 Å². The van der Waals surface area contributed by atoms with Crippen molar-refractivity contribution in [1.29, 1.82) is 5.26 Å². The molecule has 8 rings (SSSR count). The van der Waals surface area contributed by atoms with Crippen LogP contribution in [-0.2, 0) is 0 Å². The third-order valence-electron chi connectivity index (χ3n) is 7.70. The van der Waals surface area contributed by atoms with Crippen LogP contribution in [0.5, 0.6) is 0 Å². The van der Waals surface area contributed by atoms with Gasteiger partial charge in [0.15, 0.2) is 0 Å². The Morgan fingerprint density at radius 2 is 1.35 bits per heavy atom. The summed E-state index contributed by atoms with van der Waals surface area (Å²) in [5.74, 6) is 0. The van der Waals surface area contributed by atoms with Gasteiger partial charge in [-0.15, -0.1) is 0 Å². The summed E-state index contributed by atoms with van der Waals surface area (Å²) in [6.45, 7) is 0. The van der Waals surface area contributed by atoms with Crippen LogP contribution in [0.3, 0.4) is 0 Å². The fourth-order valence-corrected chi connectivity index (χ4v) is 5.90. The van der Waals surface area contributed by atoms with Gasteiger partial charge in [-0.05, 0) is 59.2 Å². The molecular weight excluding hydrogens is 490 g/mol. The van der Waals surface area contributed by atoms with Crippen molar-refractivity contribution >= 4 is 43.7 Å². The number of aromatic nitrogens is 2. The summed E-state index contributed by atoms with van der Waals surface area (Å²) in [5.41, 5.74) is 9.74. The third-order valence-corrected chi connectivity index (χ3v) is 7.70. The SMILES string of the molecule is N#Cc1cc(-c2cccc(-c3ccccc3-n3c4ccccc4c4cc5c(cc43)oc3ccccc35)c2)ccn1. The molecule has 0 saturated carbocycles. The Kier molecular flexibility index (Phi) is 4.85. The van der Waals surface area contributed by atoms with E-state index in [9.17, 15) is 5.26 Å². The lowest BCUT2D eigenvalue weighted by Gasteiger charge is -2.15. The van der Waals surface area contributed by atoms with E-state index in [4.69, 9.17) is 4.42 Å². The molecule has 0 unspecified atom stereocenters. The molecule has 4 heteroatoms. The van der Waals surface area contributed by atoms with E-state index < -0.39 is 0 Å². The molecule has 186 valence electrons. The smallest absolute Gasteiger partial charge is 0.141 e. The Hall–Kier alpha value is -5.66. The van der Waals surface area contributed by atoms with E-state index >= 15 is 0 Å². The number of pyridine rings is 1. The molecule has 0 aliphatic heterocycles. The van der Waals surface area contributed by atoms with Crippen LogP contribution >= 0.6 is 0 Å². The monoisotopic (exact) mass is 511 g/mol. The third kappa shape index (κ3) is 3.35. The molecule has 0 aliphatic rings. The van der Waals surface area contributed by atoms with Crippen molar-refractivity contribution in [2.24, 2.45) is 0 Å².